The third-order valence-electron chi connectivity index (χ3n) is 2.72. The van der Waals surface area contributed by atoms with Gasteiger partial charge in [0.1, 0.15) is 17.9 Å². The number of hydrogen-bond donors (Lipinski definition) is 4. The second kappa shape index (κ2) is 5.76. The molecule has 0 saturated heterocycles. The Kier molecular flexibility index (Phi) is 4.27. The van der Waals surface area contributed by atoms with Crippen molar-refractivity contribution in [3.63, 3.8) is 0 Å². The molecule has 19 heavy (non-hydrogen) atoms. The summed E-state index contributed by atoms with van der Waals surface area (Å²) in [7, 11) is 0. The third kappa shape index (κ3) is 2.67. The number of halogens is 1. The predicted octanol–water partition coefficient (Wildman–Crippen LogP) is -0.925. The van der Waals surface area contributed by atoms with E-state index in [0.29, 0.717) is 0 Å². The summed E-state index contributed by atoms with van der Waals surface area (Å²) in [5.74, 6) is 0. The second-order valence-electron chi connectivity index (χ2n) is 3.97. The van der Waals surface area contributed by atoms with E-state index in [-0.39, 0.29) is 29.3 Å². The van der Waals surface area contributed by atoms with Gasteiger partial charge in [-0.3, -0.25) is 4.57 Å². The minimum atomic E-state index is -1.49. The molecule has 4 N–H and O–H groups in total. The fraction of sp³-hybridized carbons (Fsp3) is 0.500. The van der Waals surface area contributed by atoms with Crippen LogP contribution in [0.1, 0.15) is 12.6 Å². The van der Waals surface area contributed by atoms with Gasteiger partial charge in [0.15, 0.2) is 17.0 Å². The fourth-order valence-corrected chi connectivity index (χ4v) is 1.86. The first-order valence-electron chi connectivity index (χ1n) is 5.54. The Bertz CT molecular complexity index is 563. The van der Waals surface area contributed by atoms with E-state index in [0.717, 1.165) is 0 Å². The van der Waals surface area contributed by atoms with E-state index in [1.165, 1.54) is 17.2 Å². The van der Waals surface area contributed by atoms with Gasteiger partial charge in [0.05, 0.1) is 12.4 Å². The van der Waals surface area contributed by atoms with E-state index in [1.54, 1.807) is 0 Å². The molecule has 0 spiro atoms. The zero-order valence-corrected chi connectivity index (χ0v) is 10.5. The maximum absolute atomic E-state index is 9.99. The third-order valence-corrected chi connectivity index (χ3v) is 3.00. The van der Waals surface area contributed by atoms with Crippen LogP contribution in [0.5, 0.6) is 0 Å². The molecule has 0 fully saturated rings. The summed E-state index contributed by atoms with van der Waals surface area (Å²) in [6, 6.07) is 0. The summed E-state index contributed by atoms with van der Waals surface area (Å²) < 4.78 is 1.17. The topological polar surface area (TPSA) is 125 Å². The van der Waals surface area contributed by atoms with E-state index in [1.807, 2.05) is 0 Å². The van der Waals surface area contributed by atoms with Gasteiger partial charge in [-0.25, -0.2) is 15.0 Å². The highest BCUT2D eigenvalue weighted by atomic mass is 35.5. The van der Waals surface area contributed by atoms with Crippen molar-refractivity contribution < 1.29 is 20.4 Å². The Balaban J connectivity index is 2.31. The summed E-state index contributed by atoms with van der Waals surface area (Å²) in [4.78, 5) is 11.6. The highest BCUT2D eigenvalue weighted by Gasteiger charge is 2.27. The summed E-state index contributed by atoms with van der Waals surface area (Å²) >= 11 is 5.81. The van der Waals surface area contributed by atoms with Crippen LogP contribution in [0, 0.1) is 0 Å². The zero-order chi connectivity index (χ0) is 14.0. The number of rotatable bonds is 5. The molecule has 9 heteroatoms. The molecule has 0 aliphatic carbocycles. The molecule has 0 bridgehead atoms. The van der Waals surface area contributed by atoms with Crippen LogP contribution < -0.4 is 0 Å². The minimum Gasteiger partial charge on any atom is -0.396 e. The quantitative estimate of drug-likeness (QED) is 0.524. The number of nitrogens with zero attached hydrogens (tertiary/aromatic N) is 4. The van der Waals surface area contributed by atoms with Gasteiger partial charge in [-0.2, -0.15) is 0 Å². The average Bonchev–Trinajstić information content (AvgIpc) is 2.82. The summed E-state index contributed by atoms with van der Waals surface area (Å²) in [6.45, 7) is -0.302. The Hall–Kier alpha value is -1.32. The first-order valence-corrected chi connectivity index (χ1v) is 5.92. The Morgan fingerprint density at radius 2 is 1.95 bits per heavy atom. The molecule has 0 aliphatic heterocycles. The van der Waals surface area contributed by atoms with Gasteiger partial charge < -0.3 is 20.4 Å². The number of fused-ring (bicyclic) bond motifs is 1. The lowest BCUT2D eigenvalue weighted by Crippen LogP contribution is -2.35. The molecule has 0 aromatic carbocycles. The Labute approximate surface area is 112 Å². The summed E-state index contributed by atoms with van der Waals surface area (Å²) in [5, 5.41) is 38.1. The van der Waals surface area contributed by atoms with Crippen LogP contribution in [0.3, 0.4) is 0 Å². The molecule has 3 atom stereocenters. The first-order chi connectivity index (χ1) is 9.06. The molecule has 2 aromatic heterocycles. The van der Waals surface area contributed by atoms with E-state index < -0.39 is 18.4 Å². The second-order valence-corrected chi connectivity index (χ2v) is 4.33. The van der Waals surface area contributed by atoms with Crippen molar-refractivity contribution in [2.24, 2.45) is 0 Å². The lowest BCUT2D eigenvalue weighted by molar-refractivity contribution is -0.0943. The highest BCUT2D eigenvalue weighted by Crippen LogP contribution is 2.22. The molecule has 0 saturated carbocycles. The van der Waals surface area contributed by atoms with Crippen molar-refractivity contribution in [1.82, 2.24) is 19.5 Å². The van der Waals surface area contributed by atoms with Crippen LogP contribution in [-0.2, 0) is 0 Å². The number of hydrogen-bond acceptors (Lipinski definition) is 7. The summed E-state index contributed by atoms with van der Waals surface area (Å²) in [5.41, 5.74) is 0.523. The molecule has 3 unspecified atom stereocenters. The van der Waals surface area contributed by atoms with Crippen LogP contribution in [0.25, 0.3) is 11.2 Å². The maximum atomic E-state index is 9.99. The largest absolute Gasteiger partial charge is 0.396 e. The van der Waals surface area contributed by atoms with Crippen LogP contribution in [-0.4, -0.2) is 58.8 Å². The monoisotopic (exact) mass is 288 g/mol. The van der Waals surface area contributed by atoms with Gasteiger partial charge in [-0.05, 0) is 6.42 Å². The highest BCUT2D eigenvalue weighted by molar-refractivity contribution is 6.33. The predicted molar refractivity (Wildman–Crippen MR) is 65.3 cm³/mol. The van der Waals surface area contributed by atoms with Crippen LogP contribution in [0.4, 0.5) is 0 Å². The van der Waals surface area contributed by atoms with Gasteiger partial charge in [0.2, 0.25) is 0 Å². The molecule has 2 heterocycles. The van der Waals surface area contributed by atoms with Crippen molar-refractivity contribution in [1.29, 1.82) is 0 Å². The van der Waals surface area contributed by atoms with E-state index in [9.17, 15) is 15.3 Å². The lowest BCUT2D eigenvalue weighted by Gasteiger charge is -2.23. The van der Waals surface area contributed by atoms with Crippen LogP contribution in [0.15, 0.2) is 12.7 Å². The number of aliphatic hydroxyl groups excluding tert-OH is 4. The molecule has 0 radical (unpaired) electrons. The van der Waals surface area contributed by atoms with E-state index in [2.05, 4.69) is 15.0 Å². The Morgan fingerprint density at radius 1 is 1.21 bits per heavy atom. The van der Waals surface area contributed by atoms with Crippen molar-refractivity contribution in [3.8, 4) is 0 Å². The van der Waals surface area contributed by atoms with Crippen LogP contribution in [0.2, 0.25) is 5.15 Å². The molecular weight excluding hydrogens is 276 g/mol. The van der Waals surface area contributed by atoms with Gasteiger partial charge in [-0.1, -0.05) is 11.6 Å². The zero-order valence-electron chi connectivity index (χ0n) is 9.76. The molecule has 104 valence electrons. The van der Waals surface area contributed by atoms with Crippen molar-refractivity contribution >= 4 is 22.8 Å². The molecule has 2 aromatic rings. The molecule has 2 rings (SSSR count). The van der Waals surface area contributed by atoms with E-state index >= 15 is 0 Å². The normalized spacial score (nSPS) is 16.5. The SMILES string of the molecule is OCCC(O)C(O)C(O)n1cnc2c(Cl)ncnc21. The fourth-order valence-electron chi connectivity index (χ4n) is 1.68. The summed E-state index contributed by atoms with van der Waals surface area (Å²) in [6.07, 6.45) is -1.83. The molecule has 0 amide bonds. The van der Waals surface area contributed by atoms with Gasteiger partial charge in [-0.15, -0.1) is 0 Å². The van der Waals surface area contributed by atoms with Gasteiger partial charge in [0, 0.05) is 6.61 Å². The molecule has 8 nitrogen and oxygen atoms in total. The molecule has 0 aliphatic rings. The van der Waals surface area contributed by atoms with Gasteiger partial charge in [0.25, 0.3) is 0 Å². The lowest BCUT2D eigenvalue weighted by atomic mass is 10.1. The molecular formula is C10H13ClN4O4. The number of aliphatic hydroxyl groups is 4. The Morgan fingerprint density at radius 3 is 2.63 bits per heavy atom. The first kappa shape index (κ1) is 14.1. The minimum absolute atomic E-state index is 0.0550. The van der Waals surface area contributed by atoms with E-state index in [4.69, 9.17) is 16.7 Å². The van der Waals surface area contributed by atoms with Crippen molar-refractivity contribution in [2.75, 3.05) is 6.61 Å². The smallest absolute Gasteiger partial charge is 0.167 e. The average molecular weight is 289 g/mol. The number of aromatic nitrogens is 4. The maximum Gasteiger partial charge on any atom is 0.167 e. The van der Waals surface area contributed by atoms with Crippen LogP contribution >= 0.6 is 11.6 Å². The van der Waals surface area contributed by atoms with Crippen molar-refractivity contribution in [2.45, 2.75) is 24.9 Å². The van der Waals surface area contributed by atoms with Crippen molar-refractivity contribution in [3.05, 3.63) is 17.8 Å². The van der Waals surface area contributed by atoms with Gasteiger partial charge >= 0.3 is 0 Å². The number of imidazole rings is 1. The standard InChI is InChI=1S/C10H13ClN4O4/c11-8-6-9(13-3-12-8)15(4-14-6)10(19)7(18)5(17)1-2-16/h3-5,7,10,16-19H,1-2H2.